The van der Waals surface area contributed by atoms with E-state index in [1.54, 1.807) is 18.4 Å². The van der Waals surface area contributed by atoms with Gasteiger partial charge in [0.05, 0.1) is 13.2 Å². The monoisotopic (exact) mass is 305 g/mol. The minimum Gasteiger partial charge on any atom is -0.377 e. The summed E-state index contributed by atoms with van der Waals surface area (Å²) in [5, 5.41) is 2.09. The summed E-state index contributed by atoms with van der Waals surface area (Å²) in [5.41, 5.74) is 0.964. The average Bonchev–Trinajstić information content (AvgIpc) is 3.01. The van der Waals surface area contributed by atoms with E-state index in [2.05, 4.69) is 32.4 Å². The van der Waals surface area contributed by atoms with E-state index in [0.717, 1.165) is 30.4 Å². The maximum Gasteiger partial charge on any atom is 0.156 e. The summed E-state index contributed by atoms with van der Waals surface area (Å²) in [5.74, 6) is 1.69. The molecule has 0 bridgehead atoms. The Labute approximate surface area is 128 Å². The number of anilines is 1. The summed E-state index contributed by atoms with van der Waals surface area (Å²) < 4.78 is 11.0. The highest BCUT2D eigenvalue weighted by atomic mass is 32.1. The first-order chi connectivity index (χ1) is 10.3. The van der Waals surface area contributed by atoms with E-state index in [0.29, 0.717) is 13.2 Å². The van der Waals surface area contributed by atoms with Crippen molar-refractivity contribution in [3.8, 4) is 0 Å². The molecule has 0 spiro atoms. The highest BCUT2D eigenvalue weighted by molar-refractivity contribution is 7.10. The van der Waals surface area contributed by atoms with Crippen molar-refractivity contribution < 1.29 is 9.47 Å². The van der Waals surface area contributed by atoms with Gasteiger partial charge in [-0.3, -0.25) is 0 Å². The van der Waals surface area contributed by atoms with Gasteiger partial charge in [0.15, 0.2) is 5.82 Å². The van der Waals surface area contributed by atoms with Crippen molar-refractivity contribution in [3.63, 3.8) is 0 Å². The van der Waals surface area contributed by atoms with Gasteiger partial charge in [0, 0.05) is 30.3 Å². The molecule has 1 aliphatic heterocycles. The number of rotatable bonds is 4. The standard InChI is InChI=1S/C15H19N3O2S/c1-11-8-15(17-14(16-11)10-19-2)18-5-6-20-12(9-18)13-4-3-7-21-13/h3-4,7-8,12H,5-6,9-10H2,1-2H3. The topological polar surface area (TPSA) is 47.5 Å². The van der Waals surface area contributed by atoms with Crippen LogP contribution >= 0.6 is 11.3 Å². The minimum absolute atomic E-state index is 0.125. The number of aromatic nitrogens is 2. The molecule has 21 heavy (non-hydrogen) atoms. The lowest BCUT2D eigenvalue weighted by Gasteiger charge is -2.33. The summed E-state index contributed by atoms with van der Waals surface area (Å²) in [6.45, 7) is 4.81. The molecule has 0 N–H and O–H groups in total. The van der Waals surface area contributed by atoms with Crippen LogP contribution in [0, 0.1) is 6.92 Å². The van der Waals surface area contributed by atoms with E-state index < -0.39 is 0 Å². The molecule has 6 heteroatoms. The predicted molar refractivity (Wildman–Crippen MR) is 82.7 cm³/mol. The van der Waals surface area contributed by atoms with Crippen molar-refractivity contribution in [1.29, 1.82) is 0 Å². The Kier molecular flexibility index (Phi) is 4.48. The van der Waals surface area contributed by atoms with E-state index in [4.69, 9.17) is 9.47 Å². The highest BCUT2D eigenvalue weighted by Gasteiger charge is 2.24. The molecule has 3 heterocycles. The van der Waals surface area contributed by atoms with Gasteiger partial charge >= 0.3 is 0 Å². The van der Waals surface area contributed by atoms with E-state index in [-0.39, 0.29) is 6.10 Å². The van der Waals surface area contributed by atoms with Crippen LogP contribution in [0.1, 0.15) is 22.5 Å². The van der Waals surface area contributed by atoms with Crippen LogP contribution in [0.4, 0.5) is 5.82 Å². The van der Waals surface area contributed by atoms with Crippen molar-refractivity contribution in [1.82, 2.24) is 9.97 Å². The van der Waals surface area contributed by atoms with E-state index in [1.807, 2.05) is 13.0 Å². The molecule has 1 fully saturated rings. The molecular formula is C15H19N3O2S. The molecule has 1 unspecified atom stereocenters. The first-order valence-corrected chi connectivity index (χ1v) is 7.87. The second-order valence-electron chi connectivity index (χ2n) is 5.04. The van der Waals surface area contributed by atoms with Crippen LogP contribution < -0.4 is 4.90 Å². The van der Waals surface area contributed by atoms with Gasteiger partial charge in [-0.25, -0.2) is 9.97 Å². The normalized spacial score (nSPS) is 19.0. The van der Waals surface area contributed by atoms with Gasteiger partial charge < -0.3 is 14.4 Å². The van der Waals surface area contributed by atoms with Gasteiger partial charge in [-0.05, 0) is 18.4 Å². The average molecular weight is 305 g/mol. The molecule has 3 rings (SSSR count). The Morgan fingerprint density at radius 3 is 3.14 bits per heavy atom. The fourth-order valence-corrected chi connectivity index (χ4v) is 3.24. The number of nitrogens with zero attached hydrogens (tertiary/aromatic N) is 3. The Morgan fingerprint density at radius 1 is 1.48 bits per heavy atom. The van der Waals surface area contributed by atoms with Crippen LogP contribution in [0.25, 0.3) is 0 Å². The lowest BCUT2D eigenvalue weighted by atomic mass is 10.2. The third-order valence-electron chi connectivity index (χ3n) is 3.41. The van der Waals surface area contributed by atoms with Crippen molar-refractivity contribution in [3.05, 3.63) is 40.0 Å². The van der Waals surface area contributed by atoms with Gasteiger partial charge in [0.2, 0.25) is 0 Å². The largest absolute Gasteiger partial charge is 0.377 e. The number of aryl methyl sites for hydroxylation is 1. The molecule has 0 radical (unpaired) electrons. The molecular weight excluding hydrogens is 286 g/mol. The van der Waals surface area contributed by atoms with Crippen LogP contribution in [0.3, 0.4) is 0 Å². The molecule has 112 valence electrons. The number of hydrogen-bond donors (Lipinski definition) is 0. The number of methoxy groups -OCH3 is 1. The minimum atomic E-state index is 0.125. The molecule has 2 aromatic rings. The molecule has 5 nitrogen and oxygen atoms in total. The van der Waals surface area contributed by atoms with E-state index in [9.17, 15) is 0 Å². The molecule has 1 atom stereocenters. The van der Waals surface area contributed by atoms with Gasteiger partial charge in [-0.2, -0.15) is 0 Å². The van der Waals surface area contributed by atoms with Gasteiger partial charge in [-0.15, -0.1) is 11.3 Å². The molecule has 0 aliphatic carbocycles. The first-order valence-electron chi connectivity index (χ1n) is 6.99. The molecule has 0 saturated carbocycles. The maximum absolute atomic E-state index is 5.88. The third-order valence-corrected chi connectivity index (χ3v) is 4.38. The van der Waals surface area contributed by atoms with Crippen LogP contribution in [0.2, 0.25) is 0 Å². The first kappa shape index (κ1) is 14.4. The summed E-state index contributed by atoms with van der Waals surface area (Å²) in [7, 11) is 1.66. The Hall–Kier alpha value is -1.50. The van der Waals surface area contributed by atoms with Crippen LogP contribution in [-0.2, 0) is 16.1 Å². The fourth-order valence-electron chi connectivity index (χ4n) is 2.47. The van der Waals surface area contributed by atoms with Gasteiger partial charge in [0.1, 0.15) is 18.5 Å². The van der Waals surface area contributed by atoms with Crippen molar-refractivity contribution >= 4 is 17.2 Å². The van der Waals surface area contributed by atoms with Crippen LogP contribution in [0.15, 0.2) is 23.6 Å². The summed E-state index contributed by atoms with van der Waals surface area (Å²) in [6, 6.07) is 6.21. The van der Waals surface area contributed by atoms with Crippen molar-refractivity contribution in [2.45, 2.75) is 19.6 Å². The second-order valence-corrected chi connectivity index (χ2v) is 6.02. The fraction of sp³-hybridized carbons (Fsp3) is 0.467. The summed E-state index contributed by atoms with van der Waals surface area (Å²) in [6.07, 6.45) is 0.125. The lowest BCUT2D eigenvalue weighted by molar-refractivity contribution is 0.0418. The van der Waals surface area contributed by atoms with Crippen molar-refractivity contribution in [2.75, 3.05) is 31.7 Å². The lowest BCUT2D eigenvalue weighted by Crippen LogP contribution is -2.38. The third kappa shape index (κ3) is 3.40. The molecule has 1 saturated heterocycles. The van der Waals surface area contributed by atoms with Crippen molar-refractivity contribution in [2.24, 2.45) is 0 Å². The maximum atomic E-state index is 5.88. The van der Waals surface area contributed by atoms with Gasteiger partial charge in [0.25, 0.3) is 0 Å². The smallest absolute Gasteiger partial charge is 0.156 e. The number of ether oxygens (including phenoxy) is 2. The zero-order valence-corrected chi connectivity index (χ0v) is 13.1. The molecule has 0 aromatic carbocycles. The quantitative estimate of drug-likeness (QED) is 0.869. The number of morpholine rings is 1. The summed E-state index contributed by atoms with van der Waals surface area (Å²) in [4.78, 5) is 12.5. The second kappa shape index (κ2) is 6.51. The van der Waals surface area contributed by atoms with Gasteiger partial charge in [-0.1, -0.05) is 6.07 Å². The van der Waals surface area contributed by atoms with E-state index >= 15 is 0 Å². The molecule has 2 aromatic heterocycles. The number of hydrogen-bond acceptors (Lipinski definition) is 6. The van der Waals surface area contributed by atoms with Crippen LogP contribution in [-0.4, -0.2) is 36.8 Å². The molecule has 1 aliphatic rings. The van der Waals surface area contributed by atoms with Crippen LogP contribution in [0.5, 0.6) is 0 Å². The Bertz CT molecular complexity index is 589. The Balaban J connectivity index is 1.79. The Morgan fingerprint density at radius 2 is 2.38 bits per heavy atom. The predicted octanol–water partition coefficient (Wildman–Crippen LogP) is 2.57. The number of thiophene rings is 1. The molecule has 0 amide bonds. The zero-order chi connectivity index (χ0) is 14.7. The SMILES string of the molecule is COCc1nc(C)cc(N2CCOC(c3cccs3)C2)n1. The highest BCUT2D eigenvalue weighted by Crippen LogP contribution is 2.28. The summed E-state index contributed by atoms with van der Waals surface area (Å²) >= 11 is 1.74. The zero-order valence-electron chi connectivity index (χ0n) is 12.3. The van der Waals surface area contributed by atoms with E-state index in [1.165, 1.54) is 4.88 Å².